The minimum absolute atomic E-state index is 0.0740. The number of hydrogen-bond acceptors (Lipinski definition) is 4. The molecule has 0 radical (unpaired) electrons. The van der Waals surface area contributed by atoms with Gasteiger partial charge in [0.2, 0.25) is 10.0 Å². The normalized spacial score (nSPS) is 18.7. The number of ether oxygens (including phenoxy) is 1. The fraction of sp³-hybridized carbons (Fsp3) is 0.381. The van der Waals surface area contributed by atoms with Crippen LogP contribution in [0.15, 0.2) is 54.9 Å². The number of aromatic nitrogens is 2. The summed E-state index contributed by atoms with van der Waals surface area (Å²) in [6, 6.07) is 13.0. The largest absolute Gasteiger partial charge is 0.377 e. The fourth-order valence-electron chi connectivity index (χ4n) is 3.71. The molecule has 2 heterocycles. The first-order valence-corrected chi connectivity index (χ1v) is 11.4. The third kappa shape index (κ3) is 5.01. The van der Waals surface area contributed by atoms with Crippen LogP contribution in [0.1, 0.15) is 30.9 Å². The number of benzene rings is 2. The summed E-state index contributed by atoms with van der Waals surface area (Å²) in [5, 5.41) is 0. The first-order valence-electron chi connectivity index (χ1n) is 9.77. The minimum Gasteiger partial charge on any atom is -0.377 e. The molecule has 154 valence electrons. The van der Waals surface area contributed by atoms with Gasteiger partial charge in [0.1, 0.15) is 5.82 Å². The zero-order chi connectivity index (χ0) is 20.3. The highest BCUT2D eigenvalue weighted by atomic mass is 32.2. The highest BCUT2D eigenvalue weighted by Crippen LogP contribution is 2.22. The lowest BCUT2D eigenvalue weighted by atomic mass is 10.1. The maximum absolute atomic E-state index is 13.4. The van der Waals surface area contributed by atoms with Gasteiger partial charge in [-0.3, -0.25) is 0 Å². The van der Waals surface area contributed by atoms with E-state index in [0.717, 1.165) is 30.3 Å². The Morgan fingerprint density at radius 2 is 1.97 bits per heavy atom. The van der Waals surface area contributed by atoms with Crippen LogP contribution in [-0.2, 0) is 21.3 Å². The van der Waals surface area contributed by atoms with Crippen molar-refractivity contribution in [3.63, 3.8) is 0 Å². The molecule has 0 spiro atoms. The predicted octanol–water partition coefficient (Wildman–Crippen LogP) is 3.41. The molecule has 0 bridgehead atoms. The second-order valence-electron chi connectivity index (χ2n) is 7.38. The highest BCUT2D eigenvalue weighted by Gasteiger charge is 2.26. The molecule has 1 N–H and O–H groups in total. The van der Waals surface area contributed by atoms with Gasteiger partial charge in [-0.25, -0.2) is 22.5 Å². The summed E-state index contributed by atoms with van der Waals surface area (Å²) in [6.45, 7) is 0.944. The van der Waals surface area contributed by atoms with Gasteiger partial charge in [0.15, 0.2) is 0 Å². The lowest BCUT2D eigenvalue weighted by molar-refractivity contribution is 0.0303. The van der Waals surface area contributed by atoms with Crippen molar-refractivity contribution in [1.29, 1.82) is 0 Å². The molecule has 1 aliphatic heterocycles. The number of hydrogen-bond donors (Lipinski definition) is 1. The van der Waals surface area contributed by atoms with Crippen LogP contribution in [0.3, 0.4) is 0 Å². The van der Waals surface area contributed by atoms with Gasteiger partial charge in [0.25, 0.3) is 0 Å². The van der Waals surface area contributed by atoms with E-state index in [2.05, 4.69) is 9.71 Å². The van der Waals surface area contributed by atoms with Gasteiger partial charge in [0.05, 0.1) is 35.3 Å². The van der Waals surface area contributed by atoms with Crippen molar-refractivity contribution in [2.45, 2.75) is 38.0 Å². The first-order chi connectivity index (χ1) is 14.0. The van der Waals surface area contributed by atoms with E-state index in [1.807, 2.05) is 28.8 Å². The molecule has 1 saturated heterocycles. The van der Waals surface area contributed by atoms with Gasteiger partial charge >= 0.3 is 0 Å². The van der Waals surface area contributed by atoms with Crippen molar-refractivity contribution >= 4 is 21.1 Å². The van der Waals surface area contributed by atoms with Gasteiger partial charge < -0.3 is 9.30 Å². The highest BCUT2D eigenvalue weighted by molar-refractivity contribution is 7.89. The van der Waals surface area contributed by atoms with Crippen molar-refractivity contribution in [2.24, 2.45) is 0 Å². The fourth-order valence-corrected chi connectivity index (χ4v) is 5.20. The van der Waals surface area contributed by atoms with Crippen LogP contribution < -0.4 is 4.72 Å². The quantitative estimate of drug-likeness (QED) is 0.639. The summed E-state index contributed by atoms with van der Waals surface area (Å²) in [6.07, 6.45) is 4.09. The van der Waals surface area contributed by atoms with E-state index in [-0.39, 0.29) is 17.7 Å². The summed E-state index contributed by atoms with van der Waals surface area (Å²) in [5.41, 5.74) is 2.44. The Kier molecular flexibility index (Phi) is 5.94. The number of sulfonamides is 1. The number of imidazole rings is 1. The molecule has 0 amide bonds. The standard InChI is InChI=1S/C21H24FN3O3S/c22-17-10-8-16(9-11-17)20(13-25-15-23-19-6-1-2-7-21(19)25)24-29(26,27)14-18-5-3-4-12-28-18/h1-2,6-11,15,18,20,24H,3-5,12-14H2. The Morgan fingerprint density at radius 1 is 1.17 bits per heavy atom. The van der Waals surface area contributed by atoms with Gasteiger partial charge in [-0.15, -0.1) is 0 Å². The molecule has 1 aromatic heterocycles. The van der Waals surface area contributed by atoms with E-state index in [4.69, 9.17) is 4.74 Å². The van der Waals surface area contributed by atoms with E-state index in [9.17, 15) is 12.8 Å². The molecule has 4 rings (SSSR count). The zero-order valence-electron chi connectivity index (χ0n) is 16.0. The number of para-hydroxylation sites is 2. The lowest BCUT2D eigenvalue weighted by Gasteiger charge is -2.25. The van der Waals surface area contributed by atoms with Crippen LogP contribution >= 0.6 is 0 Å². The number of nitrogens with one attached hydrogen (secondary N) is 1. The molecule has 0 aliphatic carbocycles. The van der Waals surface area contributed by atoms with Crippen molar-refractivity contribution in [1.82, 2.24) is 14.3 Å². The summed E-state index contributed by atoms with van der Waals surface area (Å²) in [5.74, 6) is -0.436. The van der Waals surface area contributed by atoms with Crippen LogP contribution in [0.25, 0.3) is 11.0 Å². The van der Waals surface area contributed by atoms with Crippen LogP contribution in [0.5, 0.6) is 0 Å². The van der Waals surface area contributed by atoms with Crippen LogP contribution in [0.2, 0.25) is 0 Å². The Hall–Kier alpha value is -2.29. The number of nitrogens with zero attached hydrogens (tertiary/aromatic N) is 2. The number of fused-ring (bicyclic) bond motifs is 1. The summed E-state index contributed by atoms with van der Waals surface area (Å²) < 4.78 is 49.4. The van der Waals surface area contributed by atoms with Gasteiger partial charge in [-0.1, -0.05) is 24.3 Å². The average molecular weight is 418 g/mol. The molecule has 2 atom stereocenters. The third-order valence-electron chi connectivity index (χ3n) is 5.18. The molecular formula is C21H24FN3O3S. The second kappa shape index (κ2) is 8.61. The number of rotatable bonds is 7. The topological polar surface area (TPSA) is 73.2 Å². The third-order valence-corrected chi connectivity index (χ3v) is 6.63. The van der Waals surface area contributed by atoms with Gasteiger partial charge in [-0.05, 0) is 49.1 Å². The van der Waals surface area contributed by atoms with Gasteiger partial charge in [-0.2, -0.15) is 0 Å². The molecule has 0 saturated carbocycles. The Balaban J connectivity index is 1.59. The SMILES string of the molecule is O=S(=O)(CC1CCCCO1)NC(Cn1cnc2ccccc21)c1ccc(F)cc1. The van der Waals surface area contributed by atoms with Gasteiger partial charge in [0, 0.05) is 13.2 Å². The smallest absolute Gasteiger partial charge is 0.214 e. The molecule has 2 unspecified atom stereocenters. The molecule has 29 heavy (non-hydrogen) atoms. The van der Waals surface area contributed by atoms with E-state index in [1.54, 1.807) is 18.5 Å². The number of halogens is 1. The zero-order valence-corrected chi connectivity index (χ0v) is 16.8. The van der Waals surface area contributed by atoms with Crippen molar-refractivity contribution in [2.75, 3.05) is 12.4 Å². The average Bonchev–Trinajstić information content (AvgIpc) is 3.11. The summed E-state index contributed by atoms with van der Waals surface area (Å²) >= 11 is 0. The molecular weight excluding hydrogens is 393 g/mol. The van der Waals surface area contributed by atoms with E-state index < -0.39 is 16.1 Å². The molecule has 6 nitrogen and oxygen atoms in total. The molecule has 2 aromatic carbocycles. The molecule has 1 aliphatic rings. The minimum atomic E-state index is -3.60. The van der Waals surface area contributed by atoms with Crippen LogP contribution in [0, 0.1) is 5.82 Å². The molecule has 8 heteroatoms. The van der Waals surface area contributed by atoms with Crippen LogP contribution in [-0.4, -0.2) is 36.4 Å². The van der Waals surface area contributed by atoms with E-state index in [0.29, 0.717) is 18.7 Å². The van der Waals surface area contributed by atoms with Crippen molar-refractivity contribution in [3.05, 3.63) is 66.2 Å². The maximum Gasteiger partial charge on any atom is 0.214 e. The maximum atomic E-state index is 13.4. The Labute approximate surface area is 169 Å². The summed E-state index contributed by atoms with van der Waals surface area (Å²) in [7, 11) is -3.60. The second-order valence-corrected chi connectivity index (χ2v) is 9.18. The van der Waals surface area contributed by atoms with E-state index in [1.165, 1.54) is 12.1 Å². The molecule has 3 aromatic rings. The molecule has 1 fully saturated rings. The van der Waals surface area contributed by atoms with E-state index >= 15 is 0 Å². The first kappa shape index (κ1) is 20.0. The lowest BCUT2D eigenvalue weighted by Crippen LogP contribution is -2.38. The predicted molar refractivity (Wildman–Crippen MR) is 109 cm³/mol. The van der Waals surface area contributed by atoms with Crippen molar-refractivity contribution in [3.8, 4) is 0 Å². The summed E-state index contributed by atoms with van der Waals surface area (Å²) in [4.78, 5) is 4.38. The Morgan fingerprint density at radius 3 is 2.72 bits per heavy atom. The van der Waals surface area contributed by atoms with Crippen LogP contribution in [0.4, 0.5) is 4.39 Å². The van der Waals surface area contributed by atoms with Crippen molar-refractivity contribution < 1.29 is 17.5 Å². The monoisotopic (exact) mass is 417 g/mol. The Bertz CT molecular complexity index is 1060.